The molecule has 5 heteroatoms. The van der Waals surface area contributed by atoms with E-state index < -0.39 is 0 Å². The molecule has 0 bridgehead atoms. The second-order valence-electron chi connectivity index (χ2n) is 4.10. The Bertz CT molecular complexity index is 471. The van der Waals surface area contributed by atoms with Gasteiger partial charge in [-0.15, -0.1) is 11.3 Å². The third kappa shape index (κ3) is 4.22. The van der Waals surface area contributed by atoms with E-state index in [-0.39, 0.29) is 6.04 Å². The number of hydrogen-bond donors (Lipinski definition) is 1. The number of ether oxygens (including phenoxy) is 2. The predicted molar refractivity (Wildman–Crippen MR) is 78.0 cm³/mol. The fourth-order valence-electron chi connectivity index (χ4n) is 1.65. The summed E-state index contributed by atoms with van der Waals surface area (Å²) in [5, 5.41) is 6.48. The van der Waals surface area contributed by atoms with Crippen molar-refractivity contribution in [1.82, 2.24) is 4.98 Å². The Balaban J connectivity index is 1.88. The van der Waals surface area contributed by atoms with Gasteiger partial charge in [0.1, 0.15) is 17.4 Å². The molecule has 4 nitrogen and oxygen atoms in total. The van der Waals surface area contributed by atoms with E-state index in [0.29, 0.717) is 13.2 Å². The normalized spacial score (nSPS) is 12.1. The van der Waals surface area contributed by atoms with Gasteiger partial charge in [0.25, 0.3) is 0 Å². The van der Waals surface area contributed by atoms with Crippen LogP contribution in [-0.4, -0.2) is 25.3 Å². The standard InChI is InChI=1S/C14H18N2O2S/c1-11(14-15-7-10-19-14)16-12-3-5-13(6-4-12)18-9-8-17-2/h3-7,10-11,16H,8-9H2,1-2H3. The molecule has 2 aromatic rings. The molecule has 1 N–H and O–H groups in total. The molecule has 1 aromatic carbocycles. The van der Waals surface area contributed by atoms with Crippen molar-refractivity contribution in [3.8, 4) is 5.75 Å². The van der Waals surface area contributed by atoms with Gasteiger partial charge in [-0.25, -0.2) is 4.98 Å². The topological polar surface area (TPSA) is 43.4 Å². The van der Waals surface area contributed by atoms with Crippen molar-refractivity contribution in [2.45, 2.75) is 13.0 Å². The minimum Gasteiger partial charge on any atom is -0.491 e. The Morgan fingerprint density at radius 3 is 2.68 bits per heavy atom. The van der Waals surface area contributed by atoms with Gasteiger partial charge in [-0.05, 0) is 31.2 Å². The van der Waals surface area contributed by atoms with Gasteiger partial charge in [0.15, 0.2) is 0 Å². The number of thiazole rings is 1. The van der Waals surface area contributed by atoms with Gasteiger partial charge < -0.3 is 14.8 Å². The quantitative estimate of drug-likeness (QED) is 0.789. The molecule has 1 atom stereocenters. The Hall–Kier alpha value is -1.59. The van der Waals surface area contributed by atoms with Gasteiger partial charge in [0, 0.05) is 24.4 Å². The fourth-order valence-corrected chi connectivity index (χ4v) is 2.30. The zero-order valence-electron chi connectivity index (χ0n) is 11.1. The second kappa shape index (κ2) is 7.11. The van der Waals surface area contributed by atoms with Crippen LogP contribution in [0.4, 0.5) is 5.69 Å². The van der Waals surface area contributed by atoms with E-state index in [0.717, 1.165) is 16.4 Å². The molecule has 0 amide bonds. The van der Waals surface area contributed by atoms with Crippen molar-refractivity contribution in [1.29, 1.82) is 0 Å². The first kappa shape index (κ1) is 13.8. The van der Waals surface area contributed by atoms with Gasteiger partial charge >= 0.3 is 0 Å². The summed E-state index contributed by atoms with van der Waals surface area (Å²) in [7, 11) is 1.66. The van der Waals surface area contributed by atoms with Crippen LogP contribution in [0.1, 0.15) is 18.0 Å². The van der Waals surface area contributed by atoms with E-state index in [2.05, 4.69) is 17.2 Å². The zero-order valence-corrected chi connectivity index (χ0v) is 11.9. The van der Waals surface area contributed by atoms with Crippen LogP contribution in [0.5, 0.6) is 5.75 Å². The zero-order chi connectivity index (χ0) is 13.5. The number of methoxy groups -OCH3 is 1. The van der Waals surface area contributed by atoms with Gasteiger partial charge in [0.2, 0.25) is 0 Å². The first-order valence-corrected chi connectivity index (χ1v) is 7.05. The molecule has 0 aliphatic carbocycles. The lowest BCUT2D eigenvalue weighted by atomic mass is 10.2. The molecule has 1 unspecified atom stereocenters. The van der Waals surface area contributed by atoms with Crippen LogP contribution >= 0.6 is 11.3 Å². The van der Waals surface area contributed by atoms with Gasteiger partial charge in [-0.1, -0.05) is 0 Å². The largest absolute Gasteiger partial charge is 0.491 e. The molecule has 1 heterocycles. The number of aromatic nitrogens is 1. The lowest BCUT2D eigenvalue weighted by molar-refractivity contribution is 0.146. The van der Waals surface area contributed by atoms with Crippen LogP contribution in [0, 0.1) is 0 Å². The maximum atomic E-state index is 5.52. The van der Waals surface area contributed by atoms with Crippen LogP contribution in [0.25, 0.3) is 0 Å². The summed E-state index contributed by atoms with van der Waals surface area (Å²) in [5.74, 6) is 0.851. The number of rotatable bonds is 7. The van der Waals surface area contributed by atoms with E-state index in [4.69, 9.17) is 9.47 Å². The molecule has 1 aromatic heterocycles. The van der Waals surface area contributed by atoms with Crippen molar-refractivity contribution >= 4 is 17.0 Å². The van der Waals surface area contributed by atoms with E-state index in [1.807, 2.05) is 35.8 Å². The highest BCUT2D eigenvalue weighted by Gasteiger charge is 2.07. The third-order valence-corrected chi connectivity index (χ3v) is 3.57. The lowest BCUT2D eigenvalue weighted by Gasteiger charge is -2.13. The number of hydrogen-bond acceptors (Lipinski definition) is 5. The molecule has 0 saturated carbocycles. The predicted octanol–water partition coefficient (Wildman–Crippen LogP) is 3.34. The van der Waals surface area contributed by atoms with Gasteiger partial charge in [0.05, 0.1) is 12.6 Å². The Kier molecular flexibility index (Phi) is 5.18. The fraction of sp³-hybridized carbons (Fsp3) is 0.357. The third-order valence-electron chi connectivity index (χ3n) is 2.62. The first-order chi connectivity index (χ1) is 9.29. The summed E-state index contributed by atoms with van der Waals surface area (Å²) in [4.78, 5) is 4.30. The highest BCUT2D eigenvalue weighted by molar-refractivity contribution is 7.09. The van der Waals surface area contributed by atoms with Crippen molar-refractivity contribution in [3.63, 3.8) is 0 Å². The maximum Gasteiger partial charge on any atom is 0.119 e. The average molecular weight is 278 g/mol. The highest BCUT2D eigenvalue weighted by Crippen LogP contribution is 2.22. The van der Waals surface area contributed by atoms with E-state index in [9.17, 15) is 0 Å². The molecule has 0 saturated heterocycles. The number of nitrogens with zero attached hydrogens (tertiary/aromatic N) is 1. The number of anilines is 1. The van der Waals surface area contributed by atoms with Crippen LogP contribution in [0.15, 0.2) is 35.8 Å². The maximum absolute atomic E-state index is 5.52. The summed E-state index contributed by atoms with van der Waals surface area (Å²) in [6, 6.07) is 8.12. The minimum atomic E-state index is 0.209. The Labute approximate surface area is 117 Å². The van der Waals surface area contributed by atoms with Crippen LogP contribution < -0.4 is 10.1 Å². The van der Waals surface area contributed by atoms with Gasteiger partial charge in [-0.2, -0.15) is 0 Å². The lowest BCUT2D eigenvalue weighted by Crippen LogP contribution is -2.06. The molecule has 0 radical (unpaired) electrons. The van der Waals surface area contributed by atoms with Gasteiger partial charge in [-0.3, -0.25) is 0 Å². The molecule has 0 aliphatic rings. The van der Waals surface area contributed by atoms with Crippen molar-refractivity contribution in [2.75, 3.05) is 25.6 Å². The SMILES string of the molecule is COCCOc1ccc(NC(C)c2nccs2)cc1. The molecule has 0 fully saturated rings. The summed E-state index contributed by atoms with van der Waals surface area (Å²) in [6.45, 7) is 3.27. The minimum absolute atomic E-state index is 0.209. The smallest absolute Gasteiger partial charge is 0.119 e. The summed E-state index contributed by atoms with van der Waals surface area (Å²) >= 11 is 1.65. The van der Waals surface area contributed by atoms with E-state index in [1.165, 1.54) is 0 Å². The molecule has 2 rings (SSSR count). The van der Waals surface area contributed by atoms with Crippen LogP contribution in [0.2, 0.25) is 0 Å². The second-order valence-corrected chi connectivity index (χ2v) is 5.03. The van der Waals surface area contributed by atoms with Crippen molar-refractivity contribution < 1.29 is 9.47 Å². The summed E-state index contributed by atoms with van der Waals surface area (Å²) in [6.07, 6.45) is 1.82. The van der Waals surface area contributed by atoms with Crippen LogP contribution in [-0.2, 0) is 4.74 Å². The summed E-state index contributed by atoms with van der Waals surface area (Å²) in [5.41, 5.74) is 1.06. The molecule has 102 valence electrons. The number of benzene rings is 1. The first-order valence-electron chi connectivity index (χ1n) is 6.17. The van der Waals surface area contributed by atoms with E-state index >= 15 is 0 Å². The van der Waals surface area contributed by atoms with E-state index in [1.54, 1.807) is 18.4 Å². The Morgan fingerprint density at radius 2 is 2.05 bits per heavy atom. The molecule has 0 spiro atoms. The number of nitrogens with one attached hydrogen (secondary N) is 1. The van der Waals surface area contributed by atoms with Crippen molar-refractivity contribution in [2.24, 2.45) is 0 Å². The Morgan fingerprint density at radius 1 is 1.26 bits per heavy atom. The molecule has 19 heavy (non-hydrogen) atoms. The monoisotopic (exact) mass is 278 g/mol. The molecular weight excluding hydrogens is 260 g/mol. The molecular formula is C14H18N2O2S. The molecule has 0 aliphatic heterocycles. The van der Waals surface area contributed by atoms with Crippen molar-refractivity contribution in [3.05, 3.63) is 40.8 Å². The highest BCUT2D eigenvalue weighted by atomic mass is 32.1. The summed E-state index contributed by atoms with van der Waals surface area (Å²) < 4.78 is 10.5. The van der Waals surface area contributed by atoms with Crippen LogP contribution in [0.3, 0.4) is 0 Å². The average Bonchev–Trinajstić information content (AvgIpc) is 2.95.